The predicted octanol–water partition coefficient (Wildman–Crippen LogP) is 1.73. The lowest BCUT2D eigenvalue weighted by molar-refractivity contribution is -0.131. The Morgan fingerprint density at radius 3 is 2.52 bits per heavy atom. The number of urea groups is 1. The van der Waals surface area contributed by atoms with Gasteiger partial charge in [-0.1, -0.05) is 6.92 Å². The van der Waals surface area contributed by atoms with Gasteiger partial charge in [-0.3, -0.25) is 4.79 Å². The van der Waals surface area contributed by atoms with E-state index in [2.05, 4.69) is 21.2 Å². The average molecular weight is 396 g/mol. The van der Waals surface area contributed by atoms with Crippen LogP contribution in [0.3, 0.4) is 0 Å². The van der Waals surface area contributed by atoms with E-state index in [1.165, 1.54) is 6.07 Å². The Labute approximate surface area is 134 Å². The first-order chi connectivity index (χ1) is 9.60. The number of amides is 3. The van der Waals surface area contributed by atoms with E-state index in [1.54, 1.807) is 20.8 Å². The van der Waals surface area contributed by atoms with Crippen molar-refractivity contribution >= 4 is 49.2 Å². The highest BCUT2D eigenvalue weighted by atomic mass is 79.9. The lowest BCUT2D eigenvalue weighted by Gasteiger charge is -2.19. The highest BCUT2D eigenvalue weighted by molar-refractivity contribution is 9.11. The molecular weight excluding hydrogens is 382 g/mol. The average Bonchev–Trinajstić information content (AvgIpc) is 2.84. The molecule has 2 N–H and O–H groups in total. The fourth-order valence-electron chi connectivity index (χ4n) is 1.74. The van der Waals surface area contributed by atoms with Crippen LogP contribution >= 0.6 is 27.3 Å². The predicted molar refractivity (Wildman–Crippen MR) is 81.2 cm³/mol. The van der Waals surface area contributed by atoms with Crippen molar-refractivity contribution in [2.45, 2.75) is 36.9 Å². The van der Waals surface area contributed by atoms with Gasteiger partial charge in [0.25, 0.3) is 15.9 Å². The third-order valence-corrected chi connectivity index (χ3v) is 7.19. The van der Waals surface area contributed by atoms with Gasteiger partial charge in [0.05, 0.1) is 3.79 Å². The molecule has 7 nitrogen and oxygen atoms in total. The van der Waals surface area contributed by atoms with Crippen LogP contribution in [0, 0.1) is 6.92 Å². The first-order valence-corrected chi connectivity index (χ1v) is 9.15. The monoisotopic (exact) mass is 395 g/mol. The first kappa shape index (κ1) is 16.4. The minimum Gasteiger partial charge on any atom is -0.322 e. The molecule has 1 aromatic heterocycles. The topological polar surface area (TPSA) is 95.6 Å². The van der Waals surface area contributed by atoms with Gasteiger partial charge in [-0.15, -0.1) is 16.2 Å². The molecule has 1 aliphatic heterocycles. The highest BCUT2D eigenvalue weighted by Gasteiger charge is 2.48. The van der Waals surface area contributed by atoms with Crippen LogP contribution in [0.25, 0.3) is 0 Å². The van der Waals surface area contributed by atoms with Crippen molar-refractivity contribution in [1.82, 2.24) is 15.2 Å². The van der Waals surface area contributed by atoms with E-state index in [9.17, 15) is 18.0 Å². The van der Waals surface area contributed by atoms with E-state index in [-0.39, 0.29) is 4.21 Å². The Bertz CT molecular complexity index is 696. The standard InChI is InChI=1S/C11H14BrN3O4S2/c1-4-11(3)9(16)15(10(17)13-11)14-21(18,19)7-5-6(2)8(12)20-7/h5,14H,4H2,1-3H3,(H,13,17). The number of nitrogens with one attached hydrogen (secondary N) is 2. The van der Waals surface area contributed by atoms with E-state index in [0.29, 0.717) is 15.2 Å². The number of nitrogens with zero attached hydrogens (tertiary/aromatic N) is 1. The molecule has 0 aromatic carbocycles. The smallest absolute Gasteiger partial charge is 0.322 e. The van der Waals surface area contributed by atoms with Gasteiger partial charge in [-0.05, 0) is 47.8 Å². The van der Waals surface area contributed by atoms with Gasteiger partial charge in [0.15, 0.2) is 0 Å². The number of rotatable bonds is 4. The molecule has 0 radical (unpaired) electrons. The Morgan fingerprint density at radius 1 is 1.48 bits per heavy atom. The summed E-state index contributed by atoms with van der Waals surface area (Å²) in [5, 5.41) is 2.99. The number of carbonyl (C=O) groups is 2. The van der Waals surface area contributed by atoms with Crippen LogP contribution in [0.15, 0.2) is 14.1 Å². The zero-order valence-electron chi connectivity index (χ0n) is 11.6. The lowest BCUT2D eigenvalue weighted by Crippen LogP contribution is -2.48. The van der Waals surface area contributed by atoms with Gasteiger partial charge < -0.3 is 5.32 Å². The van der Waals surface area contributed by atoms with Crippen molar-refractivity contribution in [1.29, 1.82) is 0 Å². The molecule has 116 valence electrons. The van der Waals surface area contributed by atoms with Crippen LogP contribution in [-0.4, -0.2) is 30.9 Å². The number of hydrazine groups is 1. The number of imide groups is 1. The molecule has 3 amide bonds. The molecule has 0 spiro atoms. The fraction of sp³-hybridized carbons (Fsp3) is 0.455. The van der Waals surface area contributed by atoms with Crippen molar-refractivity contribution in [2.75, 3.05) is 0 Å². The number of carbonyl (C=O) groups excluding carboxylic acids is 2. The van der Waals surface area contributed by atoms with Crippen molar-refractivity contribution < 1.29 is 18.0 Å². The maximum Gasteiger partial charge on any atom is 0.340 e. The molecular formula is C11H14BrN3O4S2. The summed E-state index contributed by atoms with van der Waals surface area (Å²) in [6, 6.07) is 0.689. The van der Waals surface area contributed by atoms with E-state index in [4.69, 9.17) is 0 Å². The van der Waals surface area contributed by atoms with E-state index in [1.807, 2.05) is 4.83 Å². The van der Waals surface area contributed by atoms with E-state index in [0.717, 1.165) is 16.9 Å². The zero-order chi connectivity index (χ0) is 16.0. The molecule has 10 heteroatoms. The van der Waals surface area contributed by atoms with Crippen LogP contribution in [0.2, 0.25) is 0 Å². The highest BCUT2D eigenvalue weighted by Crippen LogP contribution is 2.31. The molecule has 1 unspecified atom stereocenters. The minimum absolute atomic E-state index is 0.0255. The number of aryl methyl sites for hydroxylation is 1. The molecule has 1 aliphatic rings. The van der Waals surface area contributed by atoms with E-state index >= 15 is 0 Å². The Kier molecular flexibility index (Phi) is 4.17. The fourth-order valence-corrected chi connectivity index (χ4v) is 4.96. The van der Waals surface area contributed by atoms with Crippen molar-refractivity contribution in [3.63, 3.8) is 0 Å². The summed E-state index contributed by atoms with van der Waals surface area (Å²) < 4.78 is 25.2. The summed E-state index contributed by atoms with van der Waals surface area (Å²) in [6.45, 7) is 5.03. The second-order valence-electron chi connectivity index (χ2n) is 4.87. The van der Waals surface area contributed by atoms with Gasteiger partial charge in [0.1, 0.15) is 9.75 Å². The molecule has 2 rings (SSSR count). The van der Waals surface area contributed by atoms with Gasteiger partial charge in [-0.2, -0.15) is 5.01 Å². The first-order valence-electron chi connectivity index (χ1n) is 6.06. The molecule has 0 aliphatic carbocycles. The molecule has 0 saturated carbocycles. The van der Waals surface area contributed by atoms with Gasteiger partial charge in [-0.25, -0.2) is 13.2 Å². The number of hydrogen-bond acceptors (Lipinski definition) is 5. The maximum absolute atomic E-state index is 12.2. The molecule has 21 heavy (non-hydrogen) atoms. The third kappa shape index (κ3) is 2.85. The SMILES string of the molecule is CCC1(C)NC(=O)N(NS(=O)(=O)c2cc(C)c(Br)s2)C1=O. The Morgan fingerprint density at radius 2 is 2.10 bits per heavy atom. The summed E-state index contributed by atoms with van der Waals surface area (Å²) in [5.74, 6) is -0.620. The van der Waals surface area contributed by atoms with Gasteiger partial charge in [0.2, 0.25) is 0 Å². The number of halogens is 1. The maximum atomic E-state index is 12.2. The number of hydrogen-bond donors (Lipinski definition) is 2. The summed E-state index contributed by atoms with van der Waals surface area (Å²) in [4.78, 5) is 26.0. The Hall–Kier alpha value is -0.970. The summed E-state index contributed by atoms with van der Waals surface area (Å²) in [7, 11) is -3.99. The second-order valence-corrected chi connectivity index (χ2v) is 9.13. The summed E-state index contributed by atoms with van der Waals surface area (Å²) in [5.41, 5.74) is -0.332. The lowest BCUT2D eigenvalue weighted by atomic mass is 10.00. The van der Waals surface area contributed by atoms with Gasteiger partial charge >= 0.3 is 6.03 Å². The molecule has 1 aromatic rings. The van der Waals surface area contributed by atoms with Crippen LogP contribution in [-0.2, 0) is 14.8 Å². The van der Waals surface area contributed by atoms with Crippen molar-refractivity contribution in [2.24, 2.45) is 0 Å². The summed E-state index contributed by atoms with van der Waals surface area (Å²) >= 11 is 4.25. The van der Waals surface area contributed by atoms with Crippen LogP contribution in [0.1, 0.15) is 25.8 Å². The largest absolute Gasteiger partial charge is 0.340 e. The molecule has 1 atom stereocenters. The molecule has 1 fully saturated rings. The molecule has 0 bridgehead atoms. The minimum atomic E-state index is -3.99. The van der Waals surface area contributed by atoms with Gasteiger partial charge in [0, 0.05) is 0 Å². The number of sulfonamides is 1. The number of thiophene rings is 1. The molecule has 1 saturated heterocycles. The zero-order valence-corrected chi connectivity index (χ0v) is 14.8. The quantitative estimate of drug-likeness (QED) is 0.758. The third-order valence-electron chi connectivity index (χ3n) is 3.28. The second kappa shape index (κ2) is 5.34. The summed E-state index contributed by atoms with van der Waals surface area (Å²) in [6.07, 6.45) is 0.361. The van der Waals surface area contributed by atoms with E-state index < -0.39 is 27.5 Å². The van der Waals surface area contributed by atoms with Crippen molar-refractivity contribution in [3.05, 3.63) is 15.4 Å². The van der Waals surface area contributed by atoms with Crippen molar-refractivity contribution in [3.8, 4) is 0 Å². The normalized spacial score (nSPS) is 22.8. The Balaban J connectivity index is 2.29. The van der Waals surface area contributed by atoms with Crippen LogP contribution in [0.4, 0.5) is 4.79 Å². The molecule has 2 heterocycles. The van der Waals surface area contributed by atoms with Crippen LogP contribution < -0.4 is 10.1 Å². The van der Waals surface area contributed by atoms with Crippen LogP contribution in [0.5, 0.6) is 0 Å².